The molecule has 0 saturated carbocycles. The Hall–Kier alpha value is -5.27. The molecule has 188 valence electrons. The van der Waals surface area contributed by atoms with Crippen LogP contribution in [-0.4, -0.2) is 4.98 Å². The van der Waals surface area contributed by atoms with E-state index in [1.165, 1.54) is 55.3 Å². The third-order valence-corrected chi connectivity index (χ3v) is 7.52. The quantitative estimate of drug-likeness (QED) is 0.225. The molecular weight excluding hydrogens is 482 g/mol. The van der Waals surface area contributed by atoms with E-state index in [2.05, 4.69) is 152 Å². The Morgan fingerprint density at radius 1 is 0.325 bits per heavy atom. The second-order valence-electron chi connectivity index (χ2n) is 9.91. The molecule has 6 aromatic carbocycles. The SMILES string of the molecule is c1ccc(-c2c(-c3ccccc3)c(-c3ccccc3)c3c(-c4ccccn4)cccc3c2-c2ccccc2)cc1. The number of nitrogens with zero attached hydrogens (tertiary/aromatic N) is 1. The highest BCUT2D eigenvalue weighted by Crippen LogP contribution is 2.52. The minimum atomic E-state index is 0.968. The monoisotopic (exact) mass is 509 g/mol. The first-order valence-electron chi connectivity index (χ1n) is 13.7. The van der Waals surface area contributed by atoms with Crippen molar-refractivity contribution in [2.24, 2.45) is 0 Å². The Balaban J connectivity index is 1.79. The number of hydrogen-bond donors (Lipinski definition) is 0. The highest BCUT2D eigenvalue weighted by atomic mass is 14.7. The van der Waals surface area contributed by atoms with E-state index in [-0.39, 0.29) is 0 Å². The fraction of sp³-hybridized carbons (Fsp3) is 0. The van der Waals surface area contributed by atoms with Crippen LogP contribution in [0.4, 0.5) is 0 Å². The Kier molecular flexibility index (Phi) is 6.24. The van der Waals surface area contributed by atoms with Gasteiger partial charge in [-0.2, -0.15) is 0 Å². The van der Waals surface area contributed by atoms with Crippen LogP contribution < -0.4 is 0 Å². The molecule has 0 radical (unpaired) electrons. The average Bonchev–Trinajstić information content (AvgIpc) is 3.05. The van der Waals surface area contributed by atoms with Crippen LogP contribution in [0.1, 0.15) is 0 Å². The second kappa shape index (κ2) is 10.5. The molecular formula is C39H27N. The lowest BCUT2D eigenvalue weighted by atomic mass is 9.77. The van der Waals surface area contributed by atoms with E-state index in [4.69, 9.17) is 4.98 Å². The van der Waals surface area contributed by atoms with Crippen molar-refractivity contribution in [1.29, 1.82) is 0 Å². The normalized spacial score (nSPS) is 11.0. The molecule has 0 unspecified atom stereocenters. The van der Waals surface area contributed by atoms with Crippen molar-refractivity contribution in [3.8, 4) is 55.8 Å². The summed E-state index contributed by atoms with van der Waals surface area (Å²) in [5.41, 5.74) is 11.8. The Morgan fingerprint density at radius 2 is 0.775 bits per heavy atom. The summed E-state index contributed by atoms with van der Waals surface area (Å²) in [6.07, 6.45) is 1.88. The molecule has 1 aromatic heterocycles. The van der Waals surface area contributed by atoms with Gasteiger partial charge in [0, 0.05) is 17.1 Å². The smallest absolute Gasteiger partial charge is 0.0708 e. The second-order valence-corrected chi connectivity index (χ2v) is 9.91. The van der Waals surface area contributed by atoms with Crippen molar-refractivity contribution >= 4 is 10.8 Å². The molecule has 1 heterocycles. The van der Waals surface area contributed by atoms with E-state index in [1.807, 2.05) is 12.3 Å². The minimum Gasteiger partial charge on any atom is -0.256 e. The molecule has 7 rings (SSSR count). The van der Waals surface area contributed by atoms with Crippen molar-refractivity contribution in [2.75, 3.05) is 0 Å². The predicted molar refractivity (Wildman–Crippen MR) is 169 cm³/mol. The summed E-state index contributed by atoms with van der Waals surface area (Å²) in [4.78, 5) is 4.82. The third-order valence-electron chi connectivity index (χ3n) is 7.52. The third kappa shape index (κ3) is 4.19. The molecule has 0 fully saturated rings. The summed E-state index contributed by atoms with van der Waals surface area (Å²) < 4.78 is 0. The Bertz CT molecular complexity index is 1900. The molecule has 0 saturated heterocycles. The lowest BCUT2D eigenvalue weighted by Crippen LogP contribution is -1.99. The van der Waals surface area contributed by atoms with Crippen LogP contribution in [0.2, 0.25) is 0 Å². The van der Waals surface area contributed by atoms with Crippen LogP contribution in [0.25, 0.3) is 66.5 Å². The van der Waals surface area contributed by atoms with Crippen LogP contribution in [0, 0.1) is 0 Å². The zero-order chi connectivity index (χ0) is 26.7. The van der Waals surface area contributed by atoms with Gasteiger partial charge in [-0.1, -0.05) is 146 Å². The zero-order valence-corrected chi connectivity index (χ0v) is 22.0. The Morgan fingerprint density at radius 3 is 1.27 bits per heavy atom. The van der Waals surface area contributed by atoms with E-state index in [1.54, 1.807) is 0 Å². The van der Waals surface area contributed by atoms with Gasteiger partial charge in [0.15, 0.2) is 0 Å². The predicted octanol–water partition coefficient (Wildman–Crippen LogP) is 10.6. The zero-order valence-electron chi connectivity index (χ0n) is 22.0. The van der Waals surface area contributed by atoms with Crippen LogP contribution in [-0.2, 0) is 0 Å². The number of hydrogen-bond acceptors (Lipinski definition) is 1. The van der Waals surface area contributed by atoms with E-state index < -0.39 is 0 Å². The van der Waals surface area contributed by atoms with Crippen molar-refractivity contribution in [1.82, 2.24) is 4.98 Å². The maximum atomic E-state index is 4.82. The number of rotatable bonds is 5. The molecule has 0 atom stereocenters. The van der Waals surface area contributed by atoms with Gasteiger partial charge in [0.1, 0.15) is 0 Å². The largest absolute Gasteiger partial charge is 0.256 e. The summed E-state index contributed by atoms with van der Waals surface area (Å²) in [6.45, 7) is 0. The van der Waals surface area contributed by atoms with Gasteiger partial charge in [-0.25, -0.2) is 0 Å². The summed E-state index contributed by atoms with van der Waals surface area (Å²) in [5, 5.41) is 2.43. The molecule has 0 aliphatic heterocycles. The Labute approximate surface area is 235 Å². The lowest BCUT2D eigenvalue weighted by molar-refractivity contribution is 1.33. The fourth-order valence-electron chi connectivity index (χ4n) is 5.86. The van der Waals surface area contributed by atoms with Crippen LogP contribution in [0.15, 0.2) is 164 Å². The highest BCUT2D eigenvalue weighted by molar-refractivity contribution is 6.21. The molecule has 1 nitrogen and oxygen atoms in total. The maximum Gasteiger partial charge on any atom is 0.0708 e. The molecule has 0 N–H and O–H groups in total. The van der Waals surface area contributed by atoms with Gasteiger partial charge in [0.05, 0.1) is 5.69 Å². The van der Waals surface area contributed by atoms with Gasteiger partial charge in [-0.3, -0.25) is 4.98 Å². The summed E-state index contributed by atoms with van der Waals surface area (Å²) in [5.74, 6) is 0. The maximum absolute atomic E-state index is 4.82. The molecule has 1 heteroatoms. The molecule has 0 amide bonds. The average molecular weight is 510 g/mol. The fourth-order valence-corrected chi connectivity index (χ4v) is 5.86. The van der Waals surface area contributed by atoms with E-state index >= 15 is 0 Å². The summed E-state index contributed by atoms with van der Waals surface area (Å²) in [6, 6.07) is 56.1. The molecule has 0 aliphatic rings. The van der Waals surface area contributed by atoms with Crippen molar-refractivity contribution < 1.29 is 0 Å². The van der Waals surface area contributed by atoms with Gasteiger partial charge in [-0.05, 0) is 62.0 Å². The van der Waals surface area contributed by atoms with Crippen molar-refractivity contribution in [2.45, 2.75) is 0 Å². The minimum absolute atomic E-state index is 0.968. The standard InChI is InChI=1S/C39H27N/c1-5-16-28(17-6-1)35-33-25-15-24-32(34-26-13-14-27-40-34)39(33)38(31-22-11-4-12-23-31)37(30-20-9-3-10-21-30)36(35)29-18-7-2-8-19-29/h1-27H. The van der Waals surface area contributed by atoms with Gasteiger partial charge in [-0.15, -0.1) is 0 Å². The number of pyridine rings is 1. The first-order valence-corrected chi connectivity index (χ1v) is 13.7. The number of fused-ring (bicyclic) bond motifs is 1. The van der Waals surface area contributed by atoms with E-state index in [0.29, 0.717) is 0 Å². The summed E-state index contributed by atoms with van der Waals surface area (Å²) >= 11 is 0. The number of aromatic nitrogens is 1. The van der Waals surface area contributed by atoms with Crippen molar-refractivity contribution in [3.05, 3.63) is 164 Å². The van der Waals surface area contributed by atoms with Gasteiger partial charge in [0.2, 0.25) is 0 Å². The van der Waals surface area contributed by atoms with Gasteiger partial charge >= 0.3 is 0 Å². The van der Waals surface area contributed by atoms with Crippen LogP contribution in [0.5, 0.6) is 0 Å². The first-order chi connectivity index (χ1) is 19.9. The van der Waals surface area contributed by atoms with E-state index in [0.717, 1.165) is 11.3 Å². The topological polar surface area (TPSA) is 12.9 Å². The van der Waals surface area contributed by atoms with Gasteiger partial charge < -0.3 is 0 Å². The summed E-state index contributed by atoms with van der Waals surface area (Å²) in [7, 11) is 0. The van der Waals surface area contributed by atoms with E-state index in [9.17, 15) is 0 Å². The van der Waals surface area contributed by atoms with Crippen LogP contribution >= 0.6 is 0 Å². The molecule has 40 heavy (non-hydrogen) atoms. The molecule has 0 aliphatic carbocycles. The lowest BCUT2D eigenvalue weighted by Gasteiger charge is -2.25. The molecule has 0 spiro atoms. The van der Waals surface area contributed by atoms with Gasteiger partial charge in [0.25, 0.3) is 0 Å². The first kappa shape index (κ1) is 23.8. The molecule has 7 aromatic rings. The molecule has 0 bridgehead atoms. The number of benzene rings is 6. The van der Waals surface area contributed by atoms with Crippen molar-refractivity contribution in [3.63, 3.8) is 0 Å². The highest BCUT2D eigenvalue weighted by Gasteiger charge is 2.25. The van der Waals surface area contributed by atoms with Crippen LogP contribution in [0.3, 0.4) is 0 Å².